The lowest BCUT2D eigenvalue weighted by Crippen LogP contribution is -2.15. The van der Waals surface area contributed by atoms with Crippen molar-refractivity contribution < 1.29 is 13.9 Å². The molecule has 0 fully saturated rings. The first-order valence-electron chi connectivity index (χ1n) is 11.2. The Morgan fingerprint density at radius 1 is 1.18 bits per heavy atom. The number of imidazole rings is 1. The summed E-state index contributed by atoms with van der Waals surface area (Å²) in [5.74, 6) is 0.911. The number of para-hydroxylation sites is 2. The molecule has 170 valence electrons. The Kier molecular flexibility index (Phi) is 4.95. The van der Waals surface area contributed by atoms with Crippen LogP contribution in [-0.2, 0) is 12.8 Å². The summed E-state index contributed by atoms with van der Waals surface area (Å²) < 4.78 is 11.7. The number of aromatic nitrogens is 2. The molecule has 2 aromatic carbocycles. The van der Waals surface area contributed by atoms with Crippen molar-refractivity contribution in [3.8, 4) is 17.1 Å². The van der Waals surface area contributed by atoms with Crippen LogP contribution in [0.25, 0.3) is 33.4 Å². The van der Waals surface area contributed by atoms with Gasteiger partial charge >= 0.3 is 0 Å². The molecule has 34 heavy (non-hydrogen) atoms. The summed E-state index contributed by atoms with van der Waals surface area (Å²) in [7, 11) is 1.63. The molecule has 0 spiro atoms. The van der Waals surface area contributed by atoms with Gasteiger partial charge in [-0.3, -0.25) is 4.79 Å². The molecule has 1 amide bonds. The summed E-state index contributed by atoms with van der Waals surface area (Å²) in [6.45, 7) is 0. The maximum atomic E-state index is 12.4. The van der Waals surface area contributed by atoms with Crippen LogP contribution in [0.1, 0.15) is 33.6 Å². The highest BCUT2D eigenvalue weighted by Gasteiger charge is 2.24. The zero-order valence-corrected chi connectivity index (χ0v) is 19.4. The third kappa shape index (κ3) is 3.47. The number of hydrogen-bond donors (Lipinski definition) is 2. The van der Waals surface area contributed by atoms with E-state index in [0.29, 0.717) is 33.1 Å². The van der Waals surface area contributed by atoms with Crippen LogP contribution in [0.3, 0.4) is 0 Å². The molecular formula is C26H22N4O3S. The number of aromatic amines is 1. The summed E-state index contributed by atoms with van der Waals surface area (Å²) in [5.41, 5.74) is 10.8. The molecule has 1 aliphatic rings. The molecule has 0 radical (unpaired) electrons. The van der Waals surface area contributed by atoms with Crippen LogP contribution in [0.5, 0.6) is 5.75 Å². The maximum absolute atomic E-state index is 12.4. The number of benzene rings is 2. The zero-order valence-electron chi connectivity index (χ0n) is 18.6. The average molecular weight is 471 g/mol. The van der Waals surface area contributed by atoms with Crippen LogP contribution in [0.15, 0.2) is 57.9 Å². The van der Waals surface area contributed by atoms with Crippen LogP contribution < -0.4 is 16.0 Å². The molecule has 0 unspecified atom stereocenters. The Hall–Kier alpha value is -3.91. The van der Waals surface area contributed by atoms with Gasteiger partial charge in [-0.2, -0.15) is 0 Å². The Balaban J connectivity index is 1.64. The number of amides is 1. The van der Waals surface area contributed by atoms with Crippen molar-refractivity contribution in [2.24, 2.45) is 10.7 Å². The molecule has 7 nitrogen and oxygen atoms in total. The molecule has 0 aliphatic heterocycles. The number of nitrogens with two attached hydrogens (primary N) is 1. The van der Waals surface area contributed by atoms with Gasteiger partial charge in [0.15, 0.2) is 0 Å². The van der Waals surface area contributed by atoms with Crippen LogP contribution >= 0.6 is 11.3 Å². The molecule has 0 saturated heterocycles. The van der Waals surface area contributed by atoms with E-state index in [0.717, 1.165) is 53.4 Å². The van der Waals surface area contributed by atoms with Crippen molar-refractivity contribution in [2.45, 2.75) is 25.7 Å². The number of hydrogen-bond acceptors (Lipinski definition) is 6. The van der Waals surface area contributed by atoms with E-state index in [1.165, 1.54) is 16.2 Å². The number of carbonyl (C=O) groups excluding carboxylic acids is 1. The van der Waals surface area contributed by atoms with Gasteiger partial charge in [0.25, 0.3) is 5.91 Å². The number of aryl methyl sites for hydroxylation is 1. The fraction of sp³-hybridized carbons (Fsp3) is 0.192. The van der Waals surface area contributed by atoms with Gasteiger partial charge in [0, 0.05) is 10.3 Å². The Morgan fingerprint density at radius 3 is 2.85 bits per heavy atom. The van der Waals surface area contributed by atoms with Crippen LogP contribution in [-0.4, -0.2) is 23.0 Å². The highest BCUT2D eigenvalue weighted by atomic mass is 32.1. The average Bonchev–Trinajstić information content (AvgIpc) is 3.44. The van der Waals surface area contributed by atoms with Gasteiger partial charge in [0.05, 0.1) is 29.3 Å². The van der Waals surface area contributed by atoms with Crippen molar-refractivity contribution in [1.29, 1.82) is 0 Å². The summed E-state index contributed by atoms with van der Waals surface area (Å²) >= 11 is 1.53. The second kappa shape index (κ2) is 8.14. The predicted octanol–water partition coefficient (Wildman–Crippen LogP) is 5.26. The first-order valence-corrected chi connectivity index (χ1v) is 12.0. The van der Waals surface area contributed by atoms with Crippen molar-refractivity contribution in [3.63, 3.8) is 0 Å². The van der Waals surface area contributed by atoms with Crippen molar-refractivity contribution in [1.82, 2.24) is 9.97 Å². The van der Waals surface area contributed by atoms with E-state index in [1.54, 1.807) is 7.11 Å². The molecule has 1 aliphatic carbocycles. The van der Waals surface area contributed by atoms with Crippen molar-refractivity contribution in [2.75, 3.05) is 7.11 Å². The lowest BCUT2D eigenvalue weighted by molar-refractivity contribution is 0.1000. The zero-order chi connectivity index (χ0) is 23.2. The fourth-order valence-electron chi connectivity index (χ4n) is 4.55. The van der Waals surface area contributed by atoms with Gasteiger partial charge in [-0.05, 0) is 67.6 Å². The molecule has 3 heterocycles. The topological polar surface area (TPSA) is 106 Å². The molecule has 8 heteroatoms. The molecule has 3 N–H and O–H groups in total. The molecule has 3 aromatic heterocycles. The SMILES string of the molecule is COc1ccc2o/c(=N\c3sc4c(c3C(N)=O)CCCC4)c(-c3nc4ccccc4[nH]3)cc2c1. The minimum absolute atomic E-state index is 0.373. The minimum Gasteiger partial charge on any atom is -0.497 e. The monoisotopic (exact) mass is 470 g/mol. The quantitative estimate of drug-likeness (QED) is 0.374. The van der Waals surface area contributed by atoms with Crippen LogP contribution in [0.2, 0.25) is 0 Å². The fourth-order valence-corrected chi connectivity index (χ4v) is 5.81. The van der Waals surface area contributed by atoms with E-state index >= 15 is 0 Å². The first kappa shape index (κ1) is 20.7. The van der Waals surface area contributed by atoms with Crippen molar-refractivity contribution in [3.05, 3.63) is 70.1 Å². The smallest absolute Gasteiger partial charge is 0.252 e. The van der Waals surface area contributed by atoms with Crippen molar-refractivity contribution >= 4 is 44.2 Å². The lowest BCUT2D eigenvalue weighted by Gasteiger charge is -2.10. The summed E-state index contributed by atoms with van der Waals surface area (Å²) in [4.78, 5) is 26.6. The summed E-state index contributed by atoms with van der Waals surface area (Å²) in [5, 5.41) is 1.45. The van der Waals surface area contributed by atoms with E-state index in [4.69, 9.17) is 24.9 Å². The second-order valence-electron chi connectivity index (χ2n) is 8.34. The third-order valence-electron chi connectivity index (χ3n) is 6.20. The number of nitrogens with zero attached hydrogens (tertiary/aromatic N) is 2. The number of primary amides is 1. The third-order valence-corrected chi connectivity index (χ3v) is 7.39. The first-order chi connectivity index (χ1) is 16.6. The largest absolute Gasteiger partial charge is 0.497 e. The normalized spacial score (nSPS) is 14.0. The minimum atomic E-state index is -0.450. The van der Waals surface area contributed by atoms with Gasteiger partial charge in [-0.25, -0.2) is 9.98 Å². The summed E-state index contributed by atoms with van der Waals surface area (Å²) in [6, 6.07) is 15.4. The molecule has 0 atom stereocenters. The molecule has 0 bridgehead atoms. The van der Waals surface area contributed by atoms with E-state index in [-0.39, 0.29) is 0 Å². The van der Waals surface area contributed by atoms with Gasteiger partial charge in [0.2, 0.25) is 5.55 Å². The number of fused-ring (bicyclic) bond motifs is 3. The standard InChI is InChI=1S/C26H22N4O3S/c1-32-15-10-11-20-14(12-15)13-17(24-28-18-7-3-4-8-19(18)29-24)25(33-20)30-26-22(23(27)31)16-6-2-5-9-21(16)34-26/h3-4,7-8,10-13H,2,5-6,9H2,1H3,(H2,27,31)(H,28,29)/b30-25-. The number of rotatable bonds is 4. The van der Waals surface area contributed by atoms with E-state index in [9.17, 15) is 4.79 Å². The Bertz CT molecular complexity index is 1610. The highest BCUT2D eigenvalue weighted by Crippen LogP contribution is 2.39. The van der Waals surface area contributed by atoms with Gasteiger partial charge in [-0.15, -0.1) is 11.3 Å². The number of thiophene rings is 1. The number of H-pyrrole nitrogens is 1. The Morgan fingerprint density at radius 2 is 2.03 bits per heavy atom. The van der Waals surface area contributed by atoms with E-state index in [1.807, 2.05) is 48.5 Å². The van der Waals surface area contributed by atoms with Gasteiger partial charge in [-0.1, -0.05) is 12.1 Å². The number of nitrogens with one attached hydrogen (secondary N) is 1. The molecule has 6 rings (SSSR count). The van der Waals surface area contributed by atoms with Gasteiger partial charge < -0.3 is 19.9 Å². The van der Waals surface area contributed by atoms with E-state index in [2.05, 4.69) is 4.98 Å². The van der Waals surface area contributed by atoms with Gasteiger partial charge in [0.1, 0.15) is 22.2 Å². The molecule has 0 saturated carbocycles. The number of ether oxygens (including phenoxy) is 1. The Labute approximate surface area is 198 Å². The second-order valence-corrected chi connectivity index (χ2v) is 9.42. The van der Waals surface area contributed by atoms with Crippen LogP contribution in [0.4, 0.5) is 5.00 Å². The summed E-state index contributed by atoms with van der Waals surface area (Å²) in [6.07, 6.45) is 3.96. The lowest BCUT2D eigenvalue weighted by atomic mass is 9.95. The van der Waals surface area contributed by atoms with Crippen LogP contribution in [0, 0.1) is 0 Å². The number of methoxy groups -OCH3 is 1. The highest BCUT2D eigenvalue weighted by molar-refractivity contribution is 7.16. The molecular weight excluding hydrogens is 448 g/mol. The maximum Gasteiger partial charge on any atom is 0.252 e. The van der Waals surface area contributed by atoms with E-state index < -0.39 is 5.91 Å². The predicted molar refractivity (Wildman–Crippen MR) is 133 cm³/mol. The molecule has 5 aromatic rings. The number of carbonyl (C=O) groups is 1.